The Kier molecular flexibility index (Phi) is 3.55. The molecular formula is C17H17N3O2. The van der Waals surface area contributed by atoms with Crippen LogP contribution in [0.5, 0.6) is 5.75 Å². The second-order valence-corrected chi connectivity index (χ2v) is 5.08. The van der Waals surface area contributed by atoms with Crippen molar-refractivity contribution in [2.24, 2.45) is 7.05 Å². The molecule has 0 saturated heterocycles. The van der Waals surface area contributed by atoms with Crippen molar-refractivity contribution in [3.8, 4) is 17.0 Å². The van der Waals surface area contributed by atoms with E-state index in [1.54, 1.807) is 13.3 Å². The van der Waals surface area contributed by atoms with Gasteiger partial charge in [0.1, 0.15) is 11.6 Å². The number of aryl methyl sites for hydroxylation is 2. The first-order valence-electron chi connectivity index (χ1n) is 6.96. The number of nitrogens with one attached hydrogen (secondary N) is 1. The van der Waals surface area contributed by atoms with Crippen LogP contribution in [-0.2, 0) is 11.8 Å². The molecule has 2 heterocycles. The first-order chi connectivity index (χ1) is 10.7. The van der Waals surface area contributed by atoms with E-state index >= 15 is 0 Å². The van der Waals surface area contributed by atoms with Crippen molar-refractivity contribution in [1.29, 1.82) is 0 Å². The van der Waals surface area contributed by atoms with Gasteiger partial charge in [0.05, 0.1) is 24.5 Å². The molecule has 0 aliphatic heterocycles. The van der Waals surface area contributed by atoms with E-state index in [2.05, 4.69) is 21.8 Å². The largest absolute Gasteiger partial charge is 0.496 e. The first-order valence-corrected chi connectivity index (χ1v) is 6.96. The molecule has 5 nitrogen and oxygen atoms in total. The van der Waals surface area contributed by atoms with Gasteiger partial charge in [0, 0.05) is 18.0 Å². The molecule has 1 amide bonds. The highest BCUT2D eigenvalue weighted by Gasteiger charge is 2.17. The van der Waals surface area contributed by atoms with Gasteiger partial charge in [-0.3, -0.25) is 4.79 Å². The lowest BCUT2D eigenvalue weighted by atomic mass is 10.1. The number of methoxy groups -OCH3 is 1. The maximum absolute atomic E-state index is 10.6. The summed E-state index contributed by atoms with van der Waals surface area (Å²) in [5.41, 5.74) is 4.25. The van der Waals surface area contributed by atoms with E-state index < -0.39 is 0 Å². The molecule has 1 aromatic carbocycles. The molecule has 2 aromatic heterocycles. The number of aromatic nitrogens is 2. The van der Waals surface area contributed by atoms with Gasteiger partial charge in [-0.2, -0.15) is 0 Å². The molecular weight excluding hydrogens is 278 g/mol. The number of rotatable bonds is 4. The lowest BCUT2D eigenvalue weighted by molar-refractivity contribution is -0.105. The van der Waals surface area contributed by atoms with Crippen molar-refractivity contribution in [3.63, 3.8) is 0 Å². The average Bonchev–Trinajstić information content (AvgIpc) is 2.79. The van der Waals surface area contributed by atoms with Crippen molar-refractivity contribution < 1.29 is 9.53 Å². The third-order valence-corrected chi connectivity index (χ3v) is 3.91. The fourth-order valence-corrected chi connectivity index (χ4v) is 2.88. The van der Waals surface area contributed by atoms with Gasteiger partial charge in [0.2, 0.25) is 6.41 Å². The number of carbonyl (C=O) groups is 1. The Hall–Kier alpha value is -2.82. The molecule has 0 spiro atoms. The second kappa shape index (κ2) is 5.52. The normalized spacial score (nSPS) is 10.7. The van der Waals surface area contributed by atoms with Crippen molar-refractivity contribution in [3.05, 3.63) is 42.1 Å². The molecule has 0 aliphatic carbocycles. The van der Waals surface area contributed by atoms with Crippen LogP contribution >= 0.6 is 0 Å². The molecule has 5 heteroatoms. The van der Waals surface area contributed by atoms with Crippen LogP contribution in [0.1, 0.15) is 5.56 Å². The molecule has 1 N–H and O–H groups in total. The number of hydrogen-bond donors (Lipinski definition) is 1. The Morgan fingerprint density at radius 2 is 2.09 bits per heavy atom. The Morgan fingerprint density at radius 1 is 1.32 bits per heavy atom. The number of para-hydroxylation sites is 1. The molecule has 0 radical (unpaired) electrons. The van der Waals surface area contributed by atoms with Crippen LogP contribution in [0.3, 0.4) is 0 Å². The number of amides is 1. The molecule has 0 bridgehead atoms. The molecule has 0 aliphatic rings. The lowest BCUT2D eigenvalue weighted by Crippen LogP contribution is -1.97. The van der Waals surface area contributed by atoms with Crippen LogP contribution in [0.4, 0.5) is 5.82 Å². The highest BCUT2D eigenvalue weighted by atomic mass is 16.5. The van der Waals surface area contributed by atoms with E-state index in [9.17, 15) is 4.79 Å². The molecule has 112 valence electrons. The molecule has 0 atom stereocenters. The third-order valence-electron chi connectivity index (χ3n) is 3.91. The van der Waals surface area contributed by atoms with E-state index in [4.69, 9.17) is 4.74 Å². The summed E-state index contributed by atoms with van der Waals surface area (Å²) in [4.78, 5) is 14.9. The average molecular weight is 295 g/mol. The lowest BCUT2D eigenvalue weighted by Gasteiger charge is -2.10. The van der Waals surface area contributed by atoms with Gasteiger partial charge in [0.15, 0.2) is 0 Å². The van der Waals surface area contributed by atoms with Gasteiger partial charge in [-0.15, -0.1) is 0 Å². The number of carbonyl (C=O) groups excluding carboxylic acids is 1. The summed E-state index contributed by atoms with van der Waals surface area (Å²) < 4.78 is 7.58. The van der Waals surface area contributed by atoms with Crippen LogP contribution in [0.25, 0.3) is 22.2 Å². The molecule has 22 heavy (non-hydrogen) atoms. The van der Waals surface area contributed by atoms with Gasteiger partial charge in [-0.05, 0) is 30.7 Å². The standard InChI is InChI=1S/C17H17N3O2/c1-11-13-8-16(19-10-21)18-9-14(13)20(2)17(11)12-6-4-5-7-15(12)22-3/h4-10H,1-3H3,(H,18,19,21). The van der Waals surface area contributed by atoms with Gasteiger partial charge in [-0.1, -0.05) is 12.1 Å². The molecule has 3 aromatic rings. The number of benzene rings is 1. The Morgan fingerprint density at radius 3 is 2.82 bits per heavy atom. The number of fused-ring (bicyclic) bond motifs is 1. The molecule has 3 rings (SSSR count). The van der Waals surface area contributed by atoms with E-state index in [0.29, 0.717) is 12.2 Å². The fraction of sp³-hybridized carbons (Fsp3) is 0.176. The first kappa shape index (κ1) is 14.1. The van der Waals surface area contributed by atoms with Gasteiger partial charge < -0.3 is 14.6 Å². The van der Waals surface area contributed by atoms with Crippen LogP contribution in [0, 0.1) is 6.92 Å². The Labute approximate surface area is 128 Å². The number of ether oxygens (including phenoxy) is 1. The minimum absolute atomic E-state index is 0.544. The minimum atomic E-state index is 0.544. The predicted molar refractivity (Wildman–Crippen MR) is 87.1 cm³/mol. The molecule has 0 saturated carbocycles. The van der Waals surface area contributed by atoms with Crippen LogP contribution in [0.2, 0.25) is 0 Å². The zero-order valence-corrected chi connectivity index (χ0v) is 12.8. The van der Waals surface area contributed by atoms with E-state index in [1.807, 2.05) is 37.4 Å². The topological polar surface area (TPSA) is 56.1 Å². The summed E-state index contributed by atoms with van der Waals surface area (Å²) in [6.07, 6.45) is 2.40. The molecule has 0 unspecified atom stereocenters. The summed E-state index contributed by atoms with van der Waals surface area (Å²) >= 11 is 0. The monoisotopic (exact) mass is 295 g/mol. The van der Waals surface area contributed by atoms with Crippen molar-refractivity contribution in [2.75, 3.05) is 12.4 Å². The van der Waals surface area contributed by atoms with Crippen molar-refractivity contribution in [1.82, 2.24) is 9.55 Å². The third kappa shape index (κ3) is 2.11. The van der Waals surface area contributed by atoms with Crippen molar-refractivity contribution in [2.45, 2.75) is 6.92 Å². The Balaban J connectivity index is 2.28. The second-order valence-electron chi connectivity index (χ2n) is 5.08. The summed E-state index contributed by atoms with van der Waals surface area (Å²) in [6, 6.07) is 9.82. The van der Waals surface area contributed by atoms with Gasteiger partial charge in [-0.25, -0.2) is 4.98 Å². The van der Waals surface area contributed by atoms with Crippen LogP contribution < -0.4 is 10.1 Å². The summed E-state index contributed by atoms with van der Waals surface area (Å²) in [5, 5.41) is 3.65. The smallest absolute Gasteiger partial charge is 0.212 e. The highest BCUT2D eigenvalue weighted by molar-refractivity contribution is 5.94. The molecule has 0 fully saturated rings. The maximum atomic E-state index is 10.6. The van der Waals surface area contributed by atoms with Crippen LogP contribution in [-0.4, -0.2) is 23.1 Å². The zero-order valence-electron chi connectivity index (χ0n) is 12.8. The van der Waals surface area contributed by atoms with E-state index in [-0.39, 0.29) is 0 Å². The van der Waals surface area contributed by atoms with E-state index in [0.717, 1.165) is 33.5 Å². The van der Waals surface area contributed by atoms with Gasteiger partial charge in [0.25, 0.3) is 0 Å². The minimum Gasteiger partial charge on any atom is -0.496 e. The summed E-state index contributed by atoms with van der Waals surface area (Å²) in [6.45, 7) is 2.06. The number of hydrogen-bond acceptors (Lipinski definition) is 3. The fourth-order valence-electron chi connectivity index (χ4n) is 2.88. The number of nitrogens with zero attached hydrogens (tertiary/aromatic N) is 2. The van der Waals surface area contributed by atoms with Crippen LogP contribution in [0.15, 0.2) is 36.5 Å². The highest BCUT2D eigenvalue weighted by Crippen LogP contribution is 2.37. The summed E-state index contributed by atoms with van der Waals surface area (Å²) in [5.74, 6) is 1.37. The van der Waals surface area contributed by atoms with Crippen molar-refractivity contribution >= 4 is 23.1 Å². The number of pyridine rings is 1. The predicted octanol–water partition coefficient (Wildman–Crippen LogP) is 3.13. The number of anilines is 1. The zero-order chi connectivity index (χ0) is 15.7. The Bertz CT molecular complexity index is 852. The quantitative estimate of drug-likeness (QED) is 0.752. The van der Waals surface area contributed by atoms with Gasteiger partial charge >= 0.3 is 0 Å². The summed E-state index contributed by atoms with van der Waals surface area (Å²) in [7, 11) is 3.68. The SMILES string of the molecule is COc1ccccc1-c1c(C)c2cc(NC=O)ncc2n1C. The van der Waals surface area contributed by atoms with E-state index in [1.165, 1.54) is 0 Å². The maximum Gasteiger partial charge on any atom is 0.212 e.